The van der Waals surface area contributed by atoms with Crippen molar-refractivity contribution in [3.8, 4) is 11.5 Å². The molecule has 24 heteroatoms. The number of carbonyl (C=O) groups excluding carboxylic acids is 2. The molecule has 75 heavy (non-hydrogen) atoms. The number of likely N-dealkylation sites (N-methyl/N-ethyl adjacent to an activating group) is 2. The smallest absolute Gasteiger partial charge is 0.240 e. The van der Waals surface area contributed by atoms with E-state index in [4.69, 9.17) is 74.8 Å². The van der Waals surface area contributed by atoms with Crippen molar-refractivity contribution < 1.29 is 54.8 Å². The number of hydrogen-bond donors (Lipinski definition) is 4. The number of halogens is 4. The van der Waals surface area contributed by atoms with Crippen LogP contribution in [0.5, 0.6) is 11.5 Å². The second kappa shape index (κ2) is 27.7. The molecule has 0 saturated heterocycles. The number of hydrogen-bond acceptors (Lipinski definition) is 14. The standard InChI is InChI=1S/C51H66Cl4N6O12S2/c1-51(2,49(62)56-15-19-68-23-25-70-21-17-58-74(64,65)38-11-7-36(8-12-38)72-47-41-29-35(53)30-42(54)40(41)32-45(47)61(5)6)50(63)57-16-20-69-24-26-71-22-18-59-75(66,67)39-13-9-37(10-14-39)73-48-44(60(3)4)28-33-27-34(52)31-43(55)46(33)48/h7-14,27,29-31,44-45,47-48,58-59H,15-26,28,32H2,1-6H3,(H,56,62)(H,57,63)/t44-,45-,47-,48+/m1/s1. The van der Waals surface area contributed by atoms with Gasteiger partial charge in [-0.25, -0.2) is 26.3 Å². The lowest BCUT2D eigenvalue weighted by Crippen LogP contribution is -2.49. The van der Waals surface area contributed by atoms with E-state index < -0.39 is 37.3 Å². The first-order valence-corrected chi connectivity index (χ1v) is 28.8. The molecular formula is C51H66Cl4N6O12S2. The van der Waals surface area contributed by atoms with Crippen LogP contribution in [0.1, 0.15) is 48.3 Å². The number of fused-ring (bicyclic) bond motifs is 2. The maximum Gasteiger partial charge on any atom is 0.240 e. The van der Waals surface area contributed by atoms with Crippen LogP contribution in [-0.4, -0.2) is 158 Å². The minimum Gasteiger partial charge on any atom is -0.484 e. The summed E-state index contributed by atoms with van der Waals surface area (Å²) in [6, 6.07) is 19.6. The van der Waals surface area contributed by atoms with Gasteiger partial charge >= 0.3 is 0 Å². The summed E-state index contributed by atoms with van der Waals surface area (Å²) in [5.41, 5.74) is 2.40. The Kier molecular flexibility index (Phi) is 22.3. The van der Waals surface area contributed by atoms with Gasteiger partial charge < -0.3 is 48.9 Å². The Morgan fingerprint density at radius 1 is 0.560 bits per heavy atom. The molecule has 2 aliphatic rings. The van der Waals surface area contributed by atoms with E-state index in [1.54, 1.807) is 36.4 Å². The molecule has 0 aromatic heterocycles. The topological polar surface area (TPSA) is 212 Å². The SMILES string of the molecule is CN(C)[C@@H]1Cc2c(Cl)cc(Cl)cc2[C@H]1Oc1ccc(S(=O)(=O)NCCOCCOCCNC(=O)C(C)(C)C(=O)NCCOCCOCCNS(=O)(=O)c2ccc(O[C@@H]3c4c(Cl)cc(Cl)cc4C[C@H]3N(C)C)cc2)cc1. The molecular weight excluding hydrogens is 1090 g/mol. The second-order valence-electron chi connectivity index (χ2n) is 18.8. The molecule has 0 aliphatic heterocycles. The predicted molar refractivity (Wildman–Crippen MR) is 288 cm³/mol. The van der Waals surface area contributed by atoms with E-state index in [0.29, 0.717) is 44.4 Å². The molecule has 6 rings (SSSR count). The molecule has 4 atom stereocenters. The Labute approximate surface area is 460 Å². The molecule has 2 amide bonds. The number of benzene rings is 4. The quantitative estimate of drug-likeness (QED) is 0.0344. The van der Waals surface area contributed by atoms with E-state index in [1.165, 1.54) is 38.1 Å². The molecule has 0 heterocycles. The van der Waals surface area contributed by atoms with Gasteiger partial charge in [-0.3, -0.25) is 9.59 Å². The van der Waals surface area contributed by atoms with E-state index in [0.717, 1.165) is 22.3 Å². The number of carbonyl (C=O) groups is 2. The summed E-state index contributed by atoms with van der Waals surface area (Å²) in [6.07, 6.45) is 0.687. The zero-order valence-corrected chi connectivity index (χ0v) is 47.4. The van der Waals surface area contributed by atoms with Crippen molar-refractivity contribution in [2.24, 2.45) is 5.41 Å². The van der Waals surface area contributed by atoms with E-state index in [2.05, 4.69) is 29.9 Å². The molecule has 4 aromatic carbocycles. The minimum absolute atomic E-state index is 0.00890. The van der Waals surface area contributed by atoms with Crippen LogP contribution in [0.4, 0.5) is 0 Å². The van der Waals surface area contributed by atoms with Gasteiger partial charge in [0.25, 0.3) is 0 Å². The molecule has 412 valence electrons. The lowest BCUT2D eigenvalue weighted by molar-refractivity contribution is -0.141. The Morgan fingerprint density at radius 3 is 1.44 bits per heavy atom. The fraction of sp³-hybridized carbons (Fsp3) is 0.490. The normalized spacial score (nSPS) is 17.5. The van der Waals surface area contributed by atoms with Gasteiger partial charge in [0.1, 0.15) is 29.1 Å². The van der Waals surface area contributed by atoms with Crippen LogP contribution in [0.25, 0.3) is 0 Å². The van der Waals surface area contributed by atoms with Crippen molar-refractivity contribution in [2.45, 2.75) is 60.8 Å². The molecule has 4 aromatic rings. The van der Waals surface area contributed by atoms with Crippen molar-refractivity contribution in [1.29, 1.82) is 0 Å². The number of nitrogens with one attached hydrogen (secondary N) is 4. The highest BCUT2D eigenvalue weighted by atomic mass is 35.5. The van der Waals surface area contributed by atoms with Crippen LogP contribution in [0, 0.1) is 5.41 Å². The van der Waals surface area contributed by atoms with Crippen LogP contribution < -0.4 is 29.6 Å². The van der Waals surface area contributed by atoms with Crippen molar-refractivity contribution in [2.75, 3.05) is 107 Å². The molecule has 0 radical (unpaired) electrons. The monoisotopic (exact) mass is 1160 g/mol. The zero-order valence-electron chi connectivity index (χ0n) is 42.8. The van der Waals surface area contributed by atoms with Crippen molar-refractivity contribution in [1.82, 2.24) is 29.9 Å². The van der Waals surface area contributed by atoms with Crippen molar-refractivity contribution in [3.05, 3.63) is 115 Å². The Hall–Kier alpha value is -3.84. The molecule has 0 bridgehead atoms. The molecule has 0 spiro atoms. The summed E-state index contributed by atoms with van der Waals surface area (Å²) >= 11 is 25.6. The van der Waals surface area contributed by atoms with Gasteiger partial charge in [-0.1, -0.05) is 46.4 Å². The third-order valence-electron chi connectivity index (χ3n) is 12.6. The highest BCUT2D eigenvalue weighted by Crippen LogP contribution is 2.44. The maximum atomic E-state index is 12.9. The Bertz CT molecular complexity index is 2790. The molecule has 2 aliphatic carbocycles. The fourth-order valence-corrected chi connectivity index (χ4v) is 11.7. The molecule has 18 nitrogen and oxygen atoms in total. The van der Waals surface area contributed by atoms with E-state index in [-0.39, 0.29) is 113 Å². The summed E-state index contributed by atoms with van der Waals surface area (Å²) in [5, 5.41) is 7.58. The third kappa shape index (κ3) is 16.6. The van der Waals surface area contributed by atoms with E-state index in [1.807, 2.05) is 40.3 Å². The average Bonchev–Trinajstić information content (AvgIpc) is 3.91. The van der Waals surface area contributed by atoms with Crippen LogP contribution in [0.2, 0.25) is 20.1 Å². The van der Waals surface area contributed by atoms with Gasteiger partial charge in [-0.05, 0) is 139 Å². The molecule has 0 unspecified atom stereocenters. The number of ether oxygens (including phenoxy) is 6. The van der Waals surface area contributed by atoms with Crippen molar-refractivity contribution >= 4 is 78.3 Å². The first kappa shape index (κ1) is 60.4. The molecule has 4 N–H and O–H groups in total. The first-order chi connectivity index (χ1) is 35.6. The van der Waals surface area contributed by atoms with Gasteiger partial charge in [-0.15, -0.1) is 0 Å². The Balaban J connectivity index is 0.761. The summed E-state index contributed by atoms with van der Waals surface area (Å²) in [7, 11) is 0.230. The maximum absolute atomic E-state index is 12.9. The molecule has 0 fully saturated rings. The van der Waals surface area contributed by atoms with E-state index in [9.17, 15) is 26.4 Å². The lowest BCUT2D eigenvalue weighted by atomic mass is 9.91. The number of amides is 2. The number of sulfonamides is 2. The number of nitrogens with zero attached hydrogens (tertiary/aromatic N) is 2. The van der Waals surface area contributed by atoms with Crippen LogP contribution in [0.3, 0.4) is 0 Å². The second-order valence-corrected chi connectivity index (χ2v) is 24.0. The van der Waals surface area contributed by atoms with Gasteiger partial charge in [0.05, 0.1) is 74.7 Å². The zero-order chi connectivity index (χ0) is 54.5. The summed E-state index contributed by atoms with van der Waals surface area (Å²) < 4.78 is 91.5. The predicted octanol–water partition coefficient (Wildman–Crippen LogP) is 6.09. The average molecular weight is 1160 g/mol. The summed E-state index contributed by atoms with van der Waals surface area (Å²) in [4.78, 5) is 29.9. The van der Waals surface area contributed by atoms with Crippen molar-refractivity contribution in [3.63, 3.8) is 0 Å². The first-order valence-electron chi connectivity index (χ1n) is 24.3. The van der Waals surface area contributed by atoms with Gasteiger partial charge in [0.2, 0.25) is 31.9 Å². The largest absolute Gasteiger partial charge is 0.484 e. The highest BCUT2D eigenvalue weighted by molar-refractivity contribution is 7.89. The van der Waals surface area contributed by atoms with Gasteiger partial charge in [0, 0.05) is 57.4 Å². The fourth-order valence-electron chi connectivity index (χ4n) is 8.47. The lowest BCUT2D eigenvalue weighted by Gasteiger charge is -2.27. The highest BCUT2D eigenvalue weighted by Gasteiger charge is 2.39. The summed E-state index contributed by atoms with van der Waals surface area (Å²) in [6.45, 7) is 4.71. The number of rotatable bonds is 30. The minimum atomic E-state index is -3.82. The van der Waals surface area contributed by atoms with Crippen LogP contribution in [0.15, 0.2) is 82.6 Å². The summed E-state index contributed by atoms with van der Waals surface area (Å²) in [5.74, 6) is 0.0288. The van der Waals surface area contributed by atoms with Crippen LogP contribution in [-0.2, 0) is 61.4 Å². The van der Waals surface area contributed by atoms with Gasteiger partial charge in [-0.2, -0.15) is 0 Å². The third-order valence-corrected chi connectivity index (χ3v) is 16.7. The van der Waals surface area contributed by atoms with Gasteiger partial charge in [0.15, 0.2) is 0 Å². The van der Waals surface area contributed by atoms with E-state index >= 15 is 0 Å². The Morgan fingerprint density at radius 2 is 0.973 bits per heavy atom. The molecule has 0 saturated carbocycles. The van der Waals surface area contributed by atoms with Crippen LogP contribution >= 0.6 is 46.4 Å².